The number of nitrogens with one attached hydrogen (secondary N) is 1. The zero-order chi connectivity index (χ0) is 23.4. The van der Waals surface area contributed by atoms with Gasteiger partial charge in [-0.1, -0.05) is 42.5 Å². The first-order valence-electron chi connectivity index (χ1n) is 10.5. The number of primary sulfonamides is 1. The van der Waals surface area contributed by atoms with Crippen LogP contribution in [0, 0.1) is 0 Å². The Bertz CT molecular complexity index is 1340. The van der Waals surface area contributed by atoms with E-state index < -0.39 is 10.0 Å². The molecule has 2 heterocycles. The lowest BCUT2D eigenvalue weighted by Crippen LogP contribution is -2.28. The molecule has 0 aliphatic rings. The molecular weight excluding hydrogens is 458 g/mol. The molecule has 0 saturated carbocycles. The fraction of sp³-hybridized carbons (Fsp3) is 0.217. The van der Waals surface area contributed by atoms with Crippen LogP contribution in [-0.2, 0) is 16.6 Å². The topological polar surface area (TPSA) is 121 Å². The van der Waals surface area contributed by atoms with Crippen molar-refractivity contribution < 1.29 is 13.5 Å². The fourth-order valence-corrected chi connectivity index (χ4v) is 4.99. The van der Waals surface area contributed by atoms with Crippen LogP contribution in [0.1, 0.15) is 12.5 Å². The highest BCUT2D eigenvalue weighted by Gasteiger charge is 2.18. The molecule has 8 nitrogen and oxygen atoms in total. The Morgan fingerprint density at radius 3 is 2.45 bits per heavy atom. The number of hydrogen-bond acceptors (Lipinski definition) is 8. The fourth-order valence-electron chi connectivity index (χ4n) is 3.53. The van der Waals surface area contributed by atoms with Crippen LogP contribution < -0.4 is 15.4 Å². The van der Waals surface area contributed by atoms with Gasteiger partial charge in [-0.15, -0.1) is 11.3 Å². The van der Waals surface area contributed by atoms with Crippen LogP contribution in [0.2, 0.25) is 0 Å². The van der Waals surface area contributed by atoms with E-state index in [1.54, 1.807) is 23.5 Å². The number of rotatable bonds is 9. The van der Waals surface area contributed by atoms with E-state index in [1.165, 1.54) is 12.1 Å². The molecule has 33 heavy (non-hydrogen) atoms. The second-order valence-corrected chi connectivity index (χ2v) is 9.83. The molecule has 0 unspecified atom stereocenters. The van der Waals surface area contributed by atoms with Crippen molar-refractivity contribution >= 4 is 43.3 Å². The summed E-state index contributed by atoms with van der Waals surface area (Å²) >= 11 is 1.55. The summed E-state index contributed by atoms with van der Waals surface area (Å²) in [5.41, 5.74) is 3.00. The van der Waals surface area contributed by atoms with Gasteiger partial charge in [0.15, 0.2) is 0 Å². The standard InChI is InChI=1S/C23H25N5O3S2/c1-2-28(12-13-29)23-26-21(25-14-16-8-10-18(11-9-16)33(24,30)31)20-19(15-32-22(20)27-23)17-6-4-3-5-7-17/h3-11,15,29H,2,12-14H2,1H3,(H2,24,30,31)(H,25,26,27). The number of aliphatic hydroxyl groups excluding tert-OH is 1. The van der Waals surface area contributed by atoms with E-state index in [2.05, 4.69) is 22.8 Å². The number of fused-ring (bicyclic) bond motifs is 1. The van der Waals surface area contributed by atoms with Crippen molar-refractivity contribution in [3.8, 4) is 11.1 Å². The predicted octanol–water partition coefficient (Wildman–Crippen LogP) is 3.44. The second-order valence-electron chi connectivity index (χ2n) is 7.41. The van der Waals surface area contributed by atoms with Crippen molar-refractivity contribution in [2.45, 2.75) is 18.4 Å². The van der Waals surface area contributed by atoms with Gasteiger partial charge in [-0.2, -0.15) is 4.98 Å². The summed E-state index contributed by atoms with van der Waals surface area (Å²) in [6.45, 7) is 3.54. The quantitative estimate of drug-likeness (QED) is 0.333. The number of hydrogen-bond donors (Lipinski definition) is 3. The number of benzene rings is 2. The minimum atomic E-state index is -3.73. The van der Waals surface area contributed by atoms with Crippen LogP contribution >= 0.6 is 11.3 Å². The van der Waals surface area contributed by atoms with Crippen LogP contribution in [0.15, 0.2) is 64.9 Å². The number of thiophene rings is 1. The summed E-state index contributed by atoms with van der Waals surface area (Å²) in [6.07, 6.45) is 0. The first kappa shape index (κ1) is 23.1. The third kappa shape index (κ3) is 5.14. The Hall–Kier alpha value is -3.05. The number of likely N-dealkylation sites (N-methyl/N-ethyl adjacent to an activating group) is 1. The number of nitrogens with two attached hydrogens (primary N) is 1. The third-order valence-corrected chi connectivity index (χ3v) is 7.05. The highest BCUT2D eigenvalue weighted by molar-refractivity contribution is 7.89. The zero-order valence-electron chi connectivity index (χ0n) is 18.1. The van der Waals surface area contributed by atoms with E-state index in [0.29, 0.717) is 31.4 Å². The molecular formula is C23H25N5O3S2. The molecule has 0 fully saturated rings. The summed E-state index contributed by atoms with van der Waals surface area (Å²) in [4.78, 5) is 12.4. The summed E-state index contributed by atoms with van der Waals surface area (Å²) in [5, 5.41) is 21.0. The molecule has 4 aromatic rings. The van der Waals surface area contributed by atoms with Crippen molar-refractivity contribution in [3.63, 3.8) is 0 Å². The molecule has 10 heteroatoms. The van der Waals surface area contributed by atoms with E-state index >= 15 is 0 Å². The average molecular weight is 484 g/mol. The molecule has 0 aliphatic carbocycles. The Morgan fingerprint density at radius 2 is 1.82 bits per heavy atom. The first-order chi connectivity index (χ1) is 15.9. The monoisotopic (exact) mass is 483 g/mol. The molecule has 0 atom stereocenters. The lowest BCUT2D eigenvalue weighted by atomic mass is 10.1. The Labute approximate surface area is 196 Å². The Balaban J connectivity index is 1.74. The van der Waals surface area contributed by atoms with Crippen LogP contribution in [0.3, 0.4) is 0 Å². The van der Waals surface area contributed by atoms with Crippen molar-refractivity contribution in [2.24, 2.45) is 5.14 Å². The molecule has 0 saturated heterocycles. The molecule has 0 spiro atoms. The Kier molecular flexibility index (Phi) is 6.89. The SMILES string of the molecule is CCN(CCO)c1nc(NCc2ccc(S(N)(=O)=O)cc2)c2c(-c3ccccc3)csc2n1. The minimum absolute atomic E-state index is 0.00804. The van der Waals surface area contributed by atoms with Crippen molar-refractivity contribution in [2.75, 3.05) is 29.9 Å². The highest BCUT2D eigenvalue weighted by atomic mass is 32.2. The third-order valence-electron chi connectivity index (χ3n) is 5.25. The van der Waals surface area contributed by atoms with Gasteiger partial charge in [0.25, 0.3) is 0 Å². The number of nitrogens with zero attached hydrogens (tertiary/aromatic N) is 3. The molecule has 0 bridgehead atoms. The van der Waals surface area contributed by atoms with Gasteiger partial charge in [0, 0.05) is 30.6 Å². The van der Waals surface area contributed by atoms with E-state index in [-0.39, 0.29) is 11.5 Å². The van der Waals surface area contributed by atoms with Crippen LogP contribution in [-0.4, -0.2) is 43.2 Å². The smallest absolute Gasteiger partial charge is 0.238 e. The molecule has 4 rings (SSSR count). The van der Waals surface area contributed by atoms with Gasteiger partial charge in [-0.3, -0.25) is 0 Å². The van der Waals surface area contributed by atoms with E-state index in [0.717, 1.165) is 26.9 Å². The number of anilines is 2. The number of sulfonamides is 1. The molecule has 2 aromatic heterocycles. The van der Waals surface area contributed by atoms with Crippen LogP contribution in [0.4, 0.5) is 11.8 Å². The maximum Gasteiger partial charge on any atom is 0.238 e. The van der Waals surface area contributed by atoms with Gasteiger partial charge >= 0.3 is 0 Å². The van der Waals surface area contributed by atoms with Crippen LogP contribution in [0.25, 0.3) is 21.3 Å². The molecule has 0 radical (unpaired) electrons. The van der Waals surface area contributed by atoms with Crippen molar-refractivity contribution in [1.29, 1.82) is 0 Å². The summed E-state index contributed by atoms with van der Waals surface area (Å²) in [6, 6.07) is 16.5. The van der Waals surface area contributed by atoms with Gasteiger partial charge in [-0.05, 0) is 30.2 Å². The maximum atomic E-state index is 11.5. The summed E-state index contributed by atoms with van der Waals surface area (Å²) in [7, 11) is -3.73. The summed E-state index contributed by atoms with van der Waals surface area (Å²) in [5.74, 6) is 1.23. The maximum absolute atomic E-state index is 11.5. The van der Waals surface area contributed by atoms with Gasteiger partial charge in [-0.25, -0.2) is 18.5 Å². The Morgan fingerprint density at radius 1 is 1.09 bits per heavy atom. The van der Waals surface area contributed by atoms with Crippen molar-refractivity contribution in [3.05, 3.63) is 65.5 Å². The highest BCUT2D eigenvalue weighted by Crippen LogP contribution is 2.38. The minimum Gasteiger partial charge on any atom is -0.395 e. The zero-order valence-corrected chi connectivity index (χ0v) is 19.7. The molecule has 4 N–H and O–H groups in total. The van der Waals surface area contributed by atoms with Gasteiger partial charge < -0.3 is 15.3 Å². The van der Waals surface area contributed by atoms with Gasteiger partial charge in [0.1, 0.15) is 10.6 Å². The van der Waals surface area contributed by atoms with E-state index in [4.69, 9.17) is 15.1 Å². The molecule has 172 valence electrons. The number of aliphatic hydroxyl groups is 1. The molecule has 0 amide bonds. The predicted molar refractivity (Wildman–Crippen MR) is 133 cm³/mol. The van der Waals surface area contributed by atoms with Gasteiger partial charge in [0.05, 0.1) is 16.9 Å². The average Bonchev–Trinajstić information content (AvgIpc) is 3.25. The normalized spacial score (nSPS) is 11.6. The second kappa shape index (κ2) is 9.84. The summed E-state index contributed by atoms with van der Waals surface area (Å²) < 4.78 is 23.0. The first-order valence-corrected chi connectivity index (χ1v) is 12.9. The largest absolute Gasteiger partial charge is 0.395 e. The molecule has 2 aromatic carbocycles. The van der Waals surface area contributed by atoms with E-state index in [1.807, 2.05) is 30.0 Å². The lowest BCUT2D eigenvalue weighted by molar-refractivity contribution is 0.302. The molecule has 0 aliphatic heterocycles. The lowest BCUT2D eigenvalue weighted by Gasteiger charge is -2.21. The van der Waals surface area contributed by atoms with E-state index in [9.17, 15) is 13.5 Å². The van der Waals surface area contributed by atoms with Crippen LogP contribution in [0.5, 0.6) is 0 Å². The van der Waals surface area contributed by atoms with Crippen molar-refractivity contribution in [1.82, 2.24) is 9.97 Å². The van der Waals surface area contributed by atoms with Gasteiger partial charge in [0.2, 0.25) is 16.0 Å². The number of aromatic nitrogens is 2.